The largest absolute Gasteiger partial charge is 0.477 e. The first-order valence-corrected chi connectivity index (χ1v) is 4.33. The second kappa shape index (κ2) is 2.70. The molecule has 66 valence electrons. The second-order valence-electron chi connectivity index (χ2n) is 2.52. The van der Waals surface area contributed by atoms with E-state index in [2.05, 4.69) is 4.98 Å². The molecule has 0 radical (unpaired) electrons. The molecule has 2 aromatic rings. The summed E-state index contributed by atoms with van der Waals surface area (Å²) in [4.78, 5) is 24.9. The van der Waals surface area contributed by atoms with Crippen LogP contribution in [0.1, 0.15) is 20.0 Å². The molecule has 2 rings (SSSR count). The number of carboxylic acids is 1. The highest BCUT2D eigenvalue weighted by atomic mass is 32.1. The first kappa shape index (κ1) is 8.00. The molecule has 0 atom stereocenters. The number of aromatic nitrogens is 1. The van der Waals surface area contributed by atoms with E-state index in [-0.39, 0.29) is 4.88 Å². The minimum Gasteiger partial charge on any atom is -0.477 e. The van der Waals surface area contributed by atoms with Gasteiger partial charge in [0.25, 0.3) is 0 Å². The third-order valence-corrected chi connectivity index (χ3v) is 2.79. The number of H-pyrrole nitrogens is 1. The van der Waals surface area contributed by atoms with Crippen molar-refractivity contribution in [2.75, 3.05) is 0 Å². The number of fused-ring (bicyclic) bond motifs is 1. The Morgan fingerprint density at radius 2 is 2.38 bits per heavy atom. The van der Waals surface area contributed by atoms with Crippen molar-refractivity contribution in [1.29, 1.82) is 0 Å². The molecule has 0 fully saturated rings. The van der Waals surface area contributed by atoms with Crippen LogP contribution in [0, 0.1) is 0 Å². The topological polar surface area (TPSA) is 70.2 Å². The molecule has 2 aromatic heterocycles. The quantitative estimate of drug-likeness (QED) is 0.717. The Balaban J connectivity index is 2.69. The van der Waals surface area contributed by atoms with Crippen molar-refractivity contribution in [2.45, 2.75) is 0 Å². The Labute approximate surface area is 76.8 Å². The summed E-state index contributed by atoms with van der Waals surface area (Å²) in [5.74, 6) is -0.966. The number of hydrogen-bond acceptors (Lipinski definition) is 3. The summed E-state index contributed by atoms with van der Waals surface area (Å²) in [6.45, 7) is 0. The SMILES string of the molecule is O=Cc1c[nH]c2sc(C(=O)O)cc12. The average Bonchev–Trinajstić information content (AvgIpc) is 2.60. The molecular formula is C8H5NO3S. The maximum atomic E-state index is 10.6. The molecule has 0 bridgehead atoms. The minimum atomic E-state index is -0.966. The van der Waals surface area contributed by atoms with Gasteiger partial charge in [0.05, 0.1) is 0 Å². The number of aldehydes is 1. The highest BCUT2D eigenvalue weighted by molar-refractivity contribution is 7.20. The van der Waals surface area contributed by atoms with Crippen molar-refractivity contribution >= 4 is 33.8 Å². The smallest absolute Gasteiger partial charge is 0.345 e. The van der Waals surface area contributed by atoms with Gasteiger partial charge in [-0.25, -0.2) is 4.79 Å². The average molecular weight is 195 g/mol. The number of hydrogen-bond donors (Lipinski definition) is 2. The predicted octanol–water partition coefficient (Wildman–Crippen LogP) is 1.74. The van der Waals surface area contributed by atoms with E-state index in [0.29, 0.717) is 17.2 Å². The van der Waals surface area contributed by atoms with Gasteiger partial charge in [-0.05, 0) is 6.07 Å². The zero-order valence-corrected chi connectivity index (χ0v) is 7.22. The Kier molecular flexibility index (Phi) is 1.66. The summed E-state index contributed by atoms with van der Waals surface area (Å²) in [7, 11) is 0. The van der Waals surface area contributed by atoms with Crippen LogP contribution < -0.4 is 0 Å². The van der Waals surface area contributed by atoms with Crippen molar-refractivity contribution in [1.82, 2.24) is 4.98 Å². The lowest BCUT2D eigenvalue weighted by molar-refractivity contribution is 0.0702. The fourth-order valence-electron chi connectivity index (χ4n) is 1.14. The van der Waals surface area contributed by atoms with Gasteiger partial charge in [-0.3, -0.25) is 4.79 Å². The van der Waals surface area contributed by atoms with Crippen molar-refractivity contribution in [3.05, 3.63) is 22.7 Å². The molecule has 0 unspecified atom stereocenters. The van der Waals surface area contributed by atoms with Gasteiger partial charge >= 0.3 is 5.97 Å². The summed E-state index contributed by atoms with van der Waals surface area (Å²) in [5, 5.41) is 9.35. The van der Waals surface area contributed by atoms with Crippen LogP contribution >= 0.6 is 11.3 Å². The van der Waals surface area contributed by atoms with E-state index in [1.54, 1.807) is 6.20 Å². The maximum Gasteiger partial charge on any atom is 0.345 e. The number of thiophene rings is 1. The molecule has 0 aliphatic heterocycles. The van der Waals surface area contributed by atoms with Gasteiger partial charge in [0, 0.05) is 17.1 Å². The normalized spacial score (nSPS) is 10.5. The van der Waals surface area contributed by atoms with Crippen molar-refractivity contribution in [3.8, 4) is 0 Å². The number of nitrogens with one attached hydrogen (secondary N) is 1. The van der Waals surface area contributed by atoms with Gasteiger partial charge in [-0.2, -0.15) is 0 Å². The van der Waals surface area contributed by atoms with Gasteiger partial charge in [-0.1, -0.05) is 0 Å². The zero-order valence-electron chi connectivity index (χ0n) is 6.40. The van der Waals surface area contributed by atoms with Crippen LogP contribution in [0.25, 0.3) is 10.2 Å². The fourth-order valence-corrected chi connectivity index (χ4v) is 2.03. The van der Waals surface area contributed by atoms with Crippen LogP contribution in [0.4, 0.5) is 0 Å². The summed E-state index contributed by atoms with van der Waals surface area (Å²) in [6.07, 6.45) is 2.27. The Bertz CT molecular complexity index is 483. The van der Waals surface area contributed by atoms with Crippen molar-refractivity contribution in [2.24, 2.45) is 0 Å². The second-order valence-corrected chi connectivity index (χ2v) is 3.57. The Morgan fingerprint density at radius 1 is 1.62 bits per heavy atom. The molecule has 13 heavy (non-hydrogen) atoms. The molecule has 0 saturated heterocycles. The van der Waals surface area contributed by atoms with Crippen molar-refractivity contribution < 1.29 is 14.7 Å². The fraction of sp³-hybridized carbons (Fsp3) is 0. The van der Waals surface area contributed by atoms with Crippen molar-refractivity contribution in [3.63, 3.8) is 0 Å². The lowest BCUT2D eigenvalue weighted by Crippen LogP contribution is -1.89. The molecule has 2 heterocycles. The van der Waals surface area contributed by atoms with Crippen LogP contribution in [0.3, 0.4) is 0 Å². The molecule has 0 aromatic carbocycles. The summed E-state index contributed by atoms with van der Waals surface area (Å²) in [6, 6.07) is 1.50. The summed E-state index contributed by atoms with van der Waals surface area (Å²) in [5.41, 5.74) is 0.499. The van der Waals surface area contributed by atoms with Gasteiger partial charge in [-0.15, -0.1) is 11.3 Å². The number of carbonyl (C=O) groups excluding carboxylic acids is 1. The van der Waals surface area contributed by atoms with E-state index in [0.717, 1.165) is 16.2 Å². The molecule has 2 N–H and O–H groups in total. The minimum absolute atomic E-state index is 0.241. The van der Waals surface area contributed by atoms with E-state index in [1.807, 2.05) is 0 Å². The summed E-state index contributed by atoms with van der Waals surface area (Å²) >= 11 is 1.13. The highest BCUT2D eigenvalue weighted by Crippen LogP contribution is 2.26. The first-order valence-electron chi connectivity index (χ1n) is 3.52. The molecule has 0 spiro atoms. The van der Waals surface area contributed by atoms with Crippen LogP contribution in [-0.4, -0.2) is 22.3 Å². The Morgan fingerprint density at radius 3 is 3.00 bits per heavy atom. The maximum absolute atomic E-state index is 10.6. The van der Waals surface area contributed by atoms with Gasteiger partial charge in [0.1, 0.15) is 9.71 Å². The molecule has 0 aliphatic rings. The van der Waals surface area contributed by atoms with Crippen LogP contribution in [0.5, 0.6) is 0 Å². The molecule has 4 nitrogen and oxygen atoms in total. The number of carboxylic acid groups (broad SMARTS) is 1. The number of aromatic carboxylic acids is 1. The first-order chi connectivity index (χ1) is 6.22. The van der Waals surface area contributed by atoms with Gasteiger partial charge < -0.3 is 10.1 Å². The molecule has 0 amide bonds. The third kappa shape index (κ3) is 1.13. The number of rotatable bonds is 2. The van der Waals surface area contributed by atoms with E-state index in [9.17, 15) is 9.59 Å². The molecule has 0 aliphatic carbocycles. The van der Waals surface area contributed by atoms with Crippen LogP contribution in [-0.2, 0) is 0 Å². The number of aromatic amines is 1. The summed E-state index contributed by atoms with van der Waals surface area (Å²) < 4.78 is 0. The lowest BCUT2D eigenvalue weighted by Gasteiger charge is -1.81. The van der Waals surface area contributed by atoms with Gasteiger partial charge in [0.2, 0.25) is 0 Å². The number of carbonyl (C=O) groups is 2. The molecule has 0 saturated carbocycles. The Hall–Kier alpha value is -1.62. The molecular weight excluding hydrogens is 190 g/mol. The van der Waals surface area contributed by atoms with E-state index >= 15 is 0 Å². The zero-order chi connectivity index (χ0) is 9.42. The van der Waals surface area contributed by atoms with Crippen LogP contribution in [0.2, 0.25) is 0 Å². The third-order valence-electron chi connectivity index (χ3n) is 1.74. The van der Waals surface area contributed by atoms with E-state index < -0.39 is 5.97 Å². The standard InChI is InChI=1S/C8H5NO3S/c10-3-4-2-9-7-5(4)1-6(13-7)8(11)12/h1-3,9H,(H,11,12). The van der Waals surface area contributed by atoms with E-state index in [1.165, 1.54) is 6.07 Å². The van der Waals surface area contributed by atoms with E-state index in [4.69, 9.17) is 5.11 Å². The highest BCUT2D eigenvalue weighted by Gasteiger charge is 2.11. The monoisotopic (exact) mass is 195 g/mol. The lowest BCUT2D eigenvalue weighted by atomic mass is 10.2. The molecule has 5 heteroatoms. The van der Waals surface area contributed by atoms with Gasteiger partial charge in [0.15, 0.2) is 6.29 Å². The van der Waals surface area contributed by atoms with Crippen LogP contribution in [0.15, 0.2) is 12.3 Å². The predicted molar refractivity (Wildman–Crippen MR) is 48.5 cm³/mol.